The van der Waals surface area contributed by atoms with E-state index in [0.29, 0.717) is 17.5 Å². The highest BCUT2D eigenvalue weighted by Crippen LogP contribution is 2.17. The van der Waals surface area contributed by atoms with Crippen molar-refractivity contribution in [3.05, 3.63) is 34.9 Å². The molecule has 1 fully saturated rings. The van der Waals surface area contributed by atoms with Gasteiger partial charge >= 0.3 is 6.03 Å². The molecule has 0 saturated carbocycles. The van der Waals surface area contributed by atoms with Gasteiger partial charge in [-0.2, -0.15) is 0 Å². The lowest BCUT2D eigenvalue weighted by molar-refractivity contribution is 0.114. The maximum Gasteiger partial charge on any atom is 0.317 e. The van der Waals surface area contributed by atoms with Gasteiger partial charge in [0.25, 0.3) is 0 Å². The lowest BCUT2D eigenvalue weighted by Gasteiger charge is -2.33. The molecule has 1 heterocycles. The maximum atomic E-state index is 12.3. The second-order valence-electron chi connectivity index (χ2n) is 6.44. The molecule has 1 aliphatic heterocycles. The lowest BCUT2D eigenvalue weighted by Crippen LogP contribution is -2.44. The van der Waals surface area contributed by atoms with Crippen molar-refractivity contribution in [2.75, 3.05) is 46.9 Å². The number of rotatable bonds is 7. The maximum absolute atomic E-state index is 12.3. The predicted octanol–water partition coefficient (Wildman–Crippen LogP) is 2.84. The van der Waals surface area contributed by atoms with Crippen LogP contribution in [0.1, 0.15) is 18.4 Å². The minimum Gasteiger partial charge on any atom is -0.383 e. The highest BCUT2D eigenvalue weighted by atomic mass is 35.5. The molecule has 1 atom stereocenters. The third kappa shape index (κ3) is 5.96. The van der Waals surface area contributed by atoms with Crippen molar-refractivity contribution in [3.63, 3.8) is 0 Å². The fourth-order valence-corrected chi connectivity index (χ4v) is 3.26. The van der Waals surface area contributed by atoms with Gasteiger partial charge in [-0.3, -0.25) is 0 Å². The minimum absolute atomic E-state index is 0.0519. The molecule has 1 N–H and O–H groups in total. The van der Waals surface area contributed by atoms with E-state index in [-0.39, 0.29) is 6.03 Å². The number of hydrogen-bond acceptors (Lipinski definition) is 3. The van der Waals surface area contributed by atoms with Crippen LogP contribution in [-0.2, 0) is 11.3 Å². The van der Waals surface area contributed by atoms with Crippen molar-refractivity contribution >= 4 is 17.6 Å². The van der Waals surface area contributed by atoms with Gasteiger partial charge in [0, 0.05) is 45.4 Å². The van der Waals surface area contributed by atoms with Crippen LogP contribution in [0, 0.1) is 5.92 Å². The first-order valence-electron chi connectivity index (χ1n) is 8.53. The van der Waals surface area contributed by atoms with Gasteiger partial charge < -0.3 is 19.9 Å². The molecular weight excluding hydrogens is 326 g/mol. The molecule has 134 valence electrons. The summed E-state index contributed by atoms with van der Waals surface area (Å²) in [6.07, 6.45) is 2.34. The minimum atomic E-state index is -0.0519. The van der Waals surface area contributed by atoms with Gasteiger partial charge in [-0.05, 0) is 36.9 Å². The Morgan fingerprint density at radius 1 is 1.46 bits per heavy atom. The average molecular weight is 354 g/mol. The van der Waals surface area contributed by atoms with Gasteiger partial charge in [0.05, 0.1) is 6.61 Å². The lowest BCUT2D eigenvalue weighted by atomic mass is 9.98. The molecule has 1 aromatic rings. The third-order valence-corrected chi connectivity index (χ3v) is 4.84. The zero-order chi connectivity index (χ0) is 17.4. The quantitative estimate of drug-likeness (QED) is 0.819. The van der Waals surface area contributed by atoms with Crippen molar-refractivity contribution in [3.8, 4) is 0 Å². The average Bonchev–Trinajstić information content (AvgIpc) is 2.60. The van der Waals surface area contributed by atoms with Crippen LogP contribution in [0.3, 0.4) is 0 Å². The Labute approximate surface area is 149 Å². The number of carbonyl (C=O) groups excluding carboxylic acids is 1. The number of likely N-dealkylation sites (tertiary alicyclic amines) is 1. The third-order valence-electron chi connectivity index (χ3n) is 4.47. The zero-order valence-electron chi connectivity index (χ0n) is 14.6. The highest BCUT2D eigenvalue weighted by Gasteiger charge is 2.20. The summed E-state index contributed by atoms with van der Waals surface area (Å²) in [4.78, 5) is 16.4. The molecule has 0 radical (unpaired) electrons. The summed E-state index contributed by atoms with van der Waals surface area (Å²) in [5.74, 6) is 0.508. The first kappa shape index (κ1) is 19.0. The fraction of sp³-hybridized carbons (Fsp3) is 0.611. The van der Waals surface area contributed by atoms with Crippen LogP contribution < -0.4 is 5.32 Å². The van der Waals surface area contributed by atoms with E-state index in [1.165, 1.54) is 6.42 Å². The van der Waals surface area contributed by atoms with E-state index in [4.69, 9.17) is 16.3 Å². The number of carbonyl (C=O) groups is 1. The molecule has 0 unspecified atom stereocenters. The highest BCUT2D eigenvalue weighted by molar-refractivity contribution is 6.31. The summed E-state index contributed by atoms with van der Waals surface area (Å²) in [6, 6.07) is 7.57. The van der Waals surface area contributed by atoms with Crippen molar-refractivity contribution in [2.45, 2.75) is 19.4 Å². The molecule has 0 spiro atoms. The smallest absolute Gasteiger partial charge is 0.317 e. The monoisotopic (exact) mass is 353 g/mol. The standard InChI is InChI=1S/C18H28ClN3O2/c1-21(14-16-7-3-4-8-17(16)19)18(23)20-12-15-6-5-9-22(13-15)10-11-24-2/h3-4,7-8,15H,5-6,9-14H2,1-2H3,(H,20,23)/t15-/m0/s1. The Kier molecular flexibility index (Phi) is 7.82. The van der Waals surface area contributed by atoms with E-state index in [9.17, 15) is 4.79 Å². The largest absolute Gasteiger partial charge is 0.383 e. The van der Waals surface area contributed by atoms with E-state index >= 15 is 0 Å². The number of nitrogens with one attached hydrogen (secondary N) is 1. The van der Waals surface area contributed by atoms with E-state index < -0.39 is 0 Å². The molecule has 24 heavy (non-hydrogen) atoms. The summed E-state index contributed by atoms with van der Waals surface area (Å²) < 4.78 is 5.15. The Morgan fingerprint density at radius 3 is 3.00 bits per heavy atom. The van der Waals surface area contributed by atoms with Gasteiger partial charge in [-0.15, -0.1) is 0 Å². The summed E-state index contributed by atoms with van der Waals surface area (Å²) in [5.41, 5.74) is 0.959. The molecule has 1 aliphatic rings. The number of halogens is 1. The van der Waals surface area contributed by atoms with E-state index in [2.05, 4.69) is 10.2 Å². The number of nitrogens with zero attached hydrogens (tertiary/aromatic N) is 2. The number of hydrogen-bond donors (Lipinski definition) is 1. The van der Waals surface area contributed by atoms with Gasteiger partial charge in [0.15, 0.2) is 0 Å². The van der Waals surface area contributed by atoms with Gasteiger partial charge in [0.1, 0.15) is 0 Å². The number of urea groups is 1. The van der Waals surface area contributed by atoms with Crippen LogP contribution in [0.5, 0.6) is 0 Å². The predicted molar refractivity (Wildman–Crippen MR) is 97.4 cm³/mol. The molecule has 5 nitrogen and oxygen atoms in total. The molecule has 0 aromatic heterocycles. The molecule has 2 rings (SSSR count). The van der Waals surface area contributed by atoms with E-state index in [1.54, 1.807) is 19.1 Å². The Bertz CT molecular complexity index is 527. The van der Waals surface area contributed by atoms with E-state index in [0.717, 1.165) is 44.8 Å². The van der Waals surface area contributed by atoms with Crippen molar-refractivity contribution in [1.29, 1.82) is 0 Å². The van der Waals surface area contributed by atoms with Crippen molar-refractivity contribution in [1.82, 2.24) is 15.1 Å². The normalized spacial score (nSPS) is 18.4. The molecule has 0 bridgehead atoms. The summed E-state index contributed by atoms with van der Waals surface area (Å²) in [5, 5.41) is 3.75. The molecule has 0 aliphatic carbocycles. The van der Waals surface area contributed by atoms with Gasteiger partial charge in [-0.1, -0.05) is 29.8 Å². The fourth-order valence-electron chi connectivity index (χ4n) is 3.06. The van der Waals surface area contributed by atoms with Crippen LogP contribution in [0.2, 0.25) is 5.02 Å². The van der Waals surface area contributed by atoms with Crippen LogP contribution in [0.4, 0.5) is 4.79 Å². The van der Waals surface area contributed by atoms with E-state index in [1.807, 2.05) is 24.3 Å². The second kappa shape index (κ2) is 9.87. The van der Waals surface area contributed by atoms with Crippen LogP contribution in [0.25, 0.3) is 0 Å². The second-order valence-corrected chi connectivity index (χ2v) is 6.84. The van der Waals surface area contributed by atoms with Gasteiger partial charge in [0.2, 0.25) is 0 Å². The Hall–Kier alpha value is -1.30. The number of benzene rings is 1. The Balaban J connectivity index is 1.74. The summed E-state index contributed by atoms with van der Waals surface area (Å²) in [6.45, 7) is 5.11. The molecule has 2 amide bonds. The number of methoxy groups -OCH3 is 1. The van der Waals surface area contributed by atoms with Crippen molar-refractivity contribution < 1.29 is 9.53 Å². The summed E-state index contributed by atoms with van der Waals surface area (Å²) in [7, 11) is 3.53. The first-order valence-corrected chi connectivity index (χ1v) is 8.91. The zero-order valence-corrected chi connectivity index (χ0v) is 15.4. The molecular formula is C18H28ClN3O2. The topological polar surface area (TPSA) is 44.8 Å². The number of piperidine rings is 1. The first-order chi connectivity index (χ1) is 11.6. The molecule has 6 heteroatoms. The van der Waals surface area contributed by atoms with Crippen molar-refractivity contribution in [2.24, 2.45) is 5.92 Å². The number of ether oxygens (including phenoxy) is 1. The van der Waals surface area contributed by atoms with Crippen LogP contribution >= 0.6 is 11.6 Å². The van der Waals surface area contributed by atoms with Gasteiger partial charge in [-0.25, -0.2) is 4.79 Å². The van der Waals surface area contributed by atoms with Crippen LogP contribution in [-0.4, -0.2) is 62.8 Å². The number of amides is 2. The summed E-state index contributed by atoms with van der Waals surface area (Å²) >= 11 is 6.16. The SMILES string of the molecule is COCCN1CCC[C@@H](CNC(=O)N(C)Cc2ccccc2Cl)C1. The van der Waals surface area contributed by atoms with Crippen LogP contribution in [0.15, 0.2) is 24.3 Å². The molecule has 1 aromatic carbocycles. The molecule has 1 saturated heterocycles. The Morgan fingerprint density at radius 2 is 2.25 bits per heavy atom.